The summed E-state index contributed by atoms with van der Waals surface area (Å²) in [5.41, 5.74) is 3.11. The zero-order chi connectivity index (χ0) is 22.8. The van der Waals surface area contributed by atoms with Crippen molar-refractivity contribution in [1.29, 1.82) is 0 Å². The van der Waals surface area contributed by atoms with Crippen molar-refractivity contribution >= 4 is 15.7 Å². The quantitative estimate of drug-likeness (QED) is 0.572. The average Bonchev–Trinajstić information content (AvgIpc) is 3.43. The average molecular weight is 466 g/mol. The Hall–Kier alpha value is -3.04. The Labute approximate surface area is 193 Å². The van der Waals surface area contributed by atoms with Gasteiger partial charge < -0.3 is 4.90 Å². The van der Waals surface area contributed by atoms with Gasteiger partial charge in [0.15, 0.2) is 9.84 Å². The summed E-state index contributed by atoms with van der Waals surface area (Å²) < 4.78 is 25.5. The van der Waals surface area contributed by atoms with Crippen LogP contribution in [0.3, 0.4) is 0 Å². The number of hydrogen-bond donors (Lipinski definition) is 0. The summed E-state index contributed by atoms with van der Waals surface area (Å²) in [7, 11) is -2.92. The number of hydrogen-bond acceptors (Lipinski definition) is 6. The van der Waals surface area contributed by atoms with E-state index in [-0.39, 0.29) is 23.5 Å². The number of amides is 1. The third-order valence-corrected chi connectivity index (χ3v) is 8.19. The van der Waals surface area contributed by atoms with Crippen LogP contribution >= 0.6 is 0 Å². The van der Waals surface area contributed by atoms with Gasteiger partial charge in [-0.15, -0.1) is 0 Å². The fraction of sp³-hybridized carbons (Fsp3) is 0.375. The summed E-state index contributed by atoms with van der Waals surface area (Å²) in [6, 6.07) is 13.9. The fourth-order valence-electron chi connectivity index (χ4n) is 4.67. The van der Waals surface area contributed by atoms with Gasteiger partial charge in [0.1, 0.15) is 5.69 Å². The lowest BCUT2D eigenvalue weighted by atomic mass is 10.1. The second-order valence-corrected chi connectivity index (χ2v) is 10.9. The number of rotatable bonds is 5. The second kappa shape index (κ2) is 9.07. The topological polar surface area (TPSA) is 88.4 Å². The van der Waals surface area contributed by atoms with E-state index in [0.29, 0.717) is 50.4 Å². The molecule has 8 nitrogen and oxygen atoms in total. The first kappa shape index (κ1) is 21.8. The molecule has 2 aromatic heterocycles. The largest absolute Gasteiger partial charge is 0.336 e. The SMILES string of the molecule is O=C(c1cn(Cc2ccccc2)nc1-c1cccnc1)N1CCN([C@H]2CCS(=O)(=O)C2)CC1. The number of benzene rings is 1. The van der Waals surface area contributed by atoms with E-state index >= 15 is 0 Å². The Morgan fingerprint density at radius 1 is 1.03 bits per heavy atom. The normalized spacial score (nSPS) is 20.7. The van der Waals surface area contributed by atoms with Crippen molar-refractivity contribution in [3.8, 4) is 11.3 Å². The minimum Gasteiger partial charge on any atom is -0.336 e. The summed E-state index contributed by atoms with van der Waals surface area (Å²) in [6.07, 6.45) is 5.94. The maximum atomic E-state index is 13.5. The van der Waals surface area contributed by atoms with E-state index in [1.807, 2.05) is 58.2 Å². The first-order chi connectivity index (χ1) is 16.0. The van der Waals surface area contributed by atoms with Gasteiger partial charge in [0.05, 0.1) is 23.6 Å². The van der Waals surface area contributed by atoms with Gasteiger partial charge in [-0.05, 0) is 24.1 Å². The molecule has 0 saturated carbocycles. The highest BCUT2D eigenvalue weighted by atomic mass is 32.2. The first-order valence-electron chi connectivity index (χ1n) is 11.2. The summed E-state index contributed by atoms with van der Waals surface area (Å²) in [5.74, 6) is 0.455. The molecule has 0 bridgehead atoms. The molecule has 9 heteroatoms. The van der Waals surface area contributed by atoms with Crippen LogP contribution in [-0.4, -0.2) is 82.6 Å². The number of piperazine rings is 1. The van der Waals surface area contributed by atoms with Crippen molar-refractivity contribution in [3.05, 3.63) is 72.2 Å². The minimum absolute atomic E-state index is 0.0492. The Kier molecular flexibility index (Phi) is 5.99. The second-order valence-electron chi connectivity index (χ2n) is 8.70. The predicted octanol–water partition coefficient (Wildman–Crippen LogP) is 1.94. The molecule has 5 rings (SSSR count). The molecular weight excluding hydrogens is 438 g/mol. The highest BCUT2D eigenvalue weighted by Crippen LogP contribution is 2.25. The molecule has 1 amide bonds. The number of aromatic nitrogens is 3. The fourth-order valence-corrected chi connectivity index (χ4v) is 6.43. The van der Waals surface area contributed by atoms with Crippen molar-refractivity contribution in [2.45, 2.75) is 19.0 Å². The van der Waals surface area contributed by atoms with Crippen LogP contribution in [0.1, 0.15) is 22.3 Å². The van der Waals surface area contributed by atoms with Crippen LogP contribution in [0.2, 0.25) is 0 Å². The number of nitrogens with zero attached hydrogens (tertiary/aromatic N) is 5. The zero-order valence-electron chi connectivity index (χ0n) is 18.4. The van der Waals surface area contributed by atoms with Crippen molar-refractivity contribution in [2.24, 2.45) is 0 Å². The van der Waals surface area contributed by atoms with Gasteiger partial charge in [-0.1, -0.05) is 30.3 Å². The molecule has 3 aromatic rings. The zero-order valence-corrected chi connectivity index (χ0v) is 19.2. The Morgan fingerprint density at radius 2 is 1.82 bits per heavy atom. The molecule has 2 aliphatic rings. The predicted molar refractivity (Wildman–Crippen MR) is 126 cm³/mol. The molecule has 2 saturated heterocycles. The van der Waals surface area contributed by atoms with Crippen molar-refractivity contribution in [1.82, 2.24) is 24.6 Å². The third-order valence-electron chi connectivity index (χ3n) is 6.44. The van der Waals surface area contributed by atoms with Gasteiger partial charge in [-0.2, -0.15) is 5.10 Å². The number of pyridine rings is 1. The smallest absolute Gasteiger partial charge is 0.257 e. The van der Waals surface area contributed by atoms with E-state index in [1.54, 1.807) is 12.4 Å². The van der Waals surface area contributed by atoms with E-state index in [1.165, 1.54) is 0 Å². The van der Waals surface area contributed by atoms with E-state index in [2.05, 4.69) is 9.88 Å². The molecule has 0 aliphatic carbocycles. The molecule has 4 heterocycles. The lowest BCUT2D eigenvalue weighted by molar-refractivity contribution is 0.0588. The van der Waals surface area contributed by atoms with Gasteiger partial charge in [-0.3, -0.25) is 19.4 Å². The van der Waals surface area contributed by atoms with E-state index in [9.17, 15) is 13.2 Å². The first-order valence-corrected chi connectivity index (χ1v) is 13.1. The third kappa shape index (κ3) is 4.84. The maximum absolute atomic E-state index is 13.5. The van der Waals surface area contributed by atoms with Crippen molar-refractivity contribution in [3.63, 3.8) is 0 Å². The van der Waals surface area contributed by atoms with Gasteiger partial charge in [0.25, 0.3) is 5.91 Å². The molecule has 33 heavy (non-hydrogen) atoms. The number of carbonyl (C=O) groups is 1. The van der Waals surface area contributed by atoms with Crippen LogP contribution in [0.25, 0.3) is 11.3 Å². The van der Waals surface area contributed by atoms with Crippen LogP contribution in [0.15, 0.2) is 61.1 Å². The molecule has 172 valence electrons. The Bertz CT molecular complexity index is 1220. The highest BCUT2D eigenvalue weighted by Gasteiger charge is 2.35. The van der Waals surface area contributed by atoms with Gasteiger partial charge >= 0.3 is 0 Å². The number of sulfone groups is 1. The lowest BCUT2D eigenvalue weighted by Gasteiger charge is -2.37. The van der Waals surface area contributed by atoms with Crippen molar-refractivity contribution < 1.29 is 13.2 Å². The van der Waals surface area contributed by atoms with E-state index in [0.717, 1.165) is 11.1 Å². The highest BCUT2D eigenvalue weighted by molar-refractivity contribution is 7.91. The van der Waals surface area contributed by atoms with Gasteiger partial charge in [0, 0.05) is 56.4 Å². The van der Waals surface area contributed by atoms with Crippen LogP contribution in [0.4, 0.5) is 0 Å². The van der Waals surface area contributed by atoms with Crippen LogP contribution < -0.4 is 0 Å². The van der Waals surface area contributed by atoms with Gasteiger partial charge in [-0.25, -0.2) is 8.42 Å². The summed E-state index contributed by atoms with van der Waals surface area (Å²) in [5, 5.41) is 4.74. The Morgan fingerprint density at radius 3 is 2.48 bits per heavy atom. The lowest BCUT2D eigenvalue weighted by Crippen LogP contribution is -2.52. The molecule has 0 spiro atoms. The van der Waals surface area contributed by atoms with Crippen LogP contribution in [0.5, 0.6) is 0 Å². The minimum atomic E-state index is -2.92. The number of carbonyl (C=O) groups excluding carboxylic acids is 1. The Balaban J connectivity index is 1.35. The van der Waals surface area contributed by atoms with E-state index < -0.39 is 9.84 Å². The molecule has 1 aromatic carbocycles. The summed E-state index contributed by atoms with van der Waals surface area (Å²) in [4.78, 5) is 21.8. The van der Waals surface area contributed by atoms with Crippen LogP contribution in [0, 0.1) is 0 Å². The molecule has 0 radical (unpaired) electrons. The summed E-state index contributed by atoms with van der Waals surface area (Å²) >= 11 is 0. The standard InChI is InChI=1S/C24H27N5O3S/c30-24(28-12-10-27(11-13-28)21-8-14-33(31,32)18-21)22-17-29(16-19-5-2-1-3-6-19)26-23(22)20-7-4-9-25-15-20/h1-7,9,15,17,21H,8,10-14,16,18H2/t21-/m0/s1. The molecule has 0 N–H and O–H groups in total. The van der Waals surface area contributed by atoms with Gasteiger partial charge in [0.2, 0.25) is 0 Å². The van der Waals surface area contributed by atoms with Crippen molar-refractivity contribution in [2.75, 3.05) is 37.7 Å². The molecule has 0 unspecified atom stereocenters. The van der Waals surface area contributed by atoms with Crippen LogP contribution in [-0.2, 0) is 16.4 Å². The molecule has 1 atom stereocenters. The molecular formula is C24H27N5O3S. The van der Waals surface area contributed by atoms with E-state index in [4.69, 9.17) is 5.10 Å². The summed E-state index contributed by atoms with van der Waals surface area (Å²) in [6.45, 7) is 3.10. The molecule has 2 aliphatic heterocycles. The maximum Gasteiger partial charge on any atom is 0.257 e. The molecule has 2 fully saturated rings. The monoisotopic (exact) mass is 465 g/mol.